The van der Waals surface area contributed by atoms with E-state index in [0.29, 0.717) is 21.9 Å². The van der Waals surface area contributed by atoms with Gasteiger partial charge in [-0.3, -0.25) is 14.3 Å². The second-order valence-electron chi connectivity index (χ2n) is 12.5. The number of benzene rings is 1. The van der Waals surface area contributed by atoms with Gasteiger partial charge in [-0.2, -0.15) is 18.2 Å². The van der Waals surface area contributed by atoms with Crippen molar-refractivity contribution in [1.82, 2.24) is 19.4 Å². The van der Waals surface area contributed by atoms with Gasteiger partial charge in [-0.15, -0.1) is 0 Å². The number of anilines is 1. The van der Waals surface area contributed by atoms with Crippen LogP contribution in [-0.4, -0.2) is 67.4 Å². The molecule has 1 aromatic carbocycles. The number of hydrogen-bond donors (Lipinski definition) is 1. The summed E-state index contributed by atoms with van der Waals surface area (Å²) in [4.78, 5) is 39.2. The van der Waals surface area contributed by atoms with E-state index in [2.05, 4.69) is 16.5 Å². The van der Waals surface area contributed by atoms with Gasteiger partial charge < -0.3 is 9.80 Å². The van der Waals surface area contributed by atoms with E-state index in [-0.39, 0.29) is 85.7 Å². The number of carbonyl (C=O) groups is 1. The fraction of sp³-hybridized carbons (Fsp3) is 0.500. The Kier molecular flexibility index (Phi) is 8.20. The predicted octanol–water partition coefficient (Wildman–Crippen LogP) is 6.16. The van der Waals surface area contributed by atoms with Crippen molar-refractivity contribution in [3.05, 3.63) is 70.9 Å². The number of carbonyl (C=O) groups excluding carboxylic acids is 1. The summed E-state index contributed by atoms with van der Waals surface area (Å²) < 4.78 is 73.7. The number of pyridine rings is 1. The quantitative estimate of drug-likeness (QED) is 0.209. The van der Waals surface area contributed by atoms with Crippen LogP contribution in [0.5, 0.6) is 0 Å². The summed E-state index contributed by atoms with van der Waals surface area (Å²) in [6.07, 6.45) is -2.06. The van der Waals surface area contributed by atoms with Gasteiger partial charge in [0, 0.05) is 72.6 Å². The smallest absolute Gasteiger partial charge is 0.352 e. The Balaban J connectivity index is 1.57. The molecule has 3 aliphatic rings. The van der Waals surface area contributed by atoms with Crippen molar-refractivity contribution in [2.75, 3.05) is 23.7 Å². The number of halogens is 5. The Labute approximate surface area is 260 Å². The normalized spacial score (nSPS) is 26.5. The molecule has 1 saturated carbocycles. The van der Waals surface area contributed by atoms with Crippen molar-refractivity contribution in [2.24, 2.45) is 0 Å². The highest BCUT2D eigenvalue weighted by atomic mass is 32.2. The van der Waals surface area contributed by atoms with E-state index in [1.54, 1.807) is 22.1 Å². The summed E-state index contributed by atoms with van der Waals surface area (Å²) in [5.41, 5.74) is -0.351. The number of nitrogens with zero attached hydrogens (tertiary/aromatic N) is 5. The molecule has 242 valence electrons. The molecule has 2 aliphatic heterocycles. The van der Waals surface area contributed by atoms with Gasteiger partial charge in [-0.1, -0.05) is 12.6 Å². The number of piperazine rings is 1. The van der Waals surface area contributed by atoms with E-state index in [0.717, 1.165) is 12.1 Å². The van der Waals surface area contributed by atoms with Crippen LogP contribution in [0.3, 0.4) is 0 Å². The van der Waals surface area contributed by atoms with Gasteiger partial charge in [-0.25, -0.2) is 24.5 Å². The lowest BCUT2D eigenvalue weighted by molar-refractivity contribution is -0.137. The number of hydrogen-bond acceptors (Lipinski definition) is 5. The van der Waals surface area contributed by atoms with Crippen LogP contribution in [0, 0.1) is 0 Å². The molecule has 2 fully saturated rings. The first-order valence-corrected chi connectivity index (χ1v) is 16.8. The van der Waals surface area contributed by atoms with Gasteiger partial charge in [0.2, 0.25) is 11.8 Å². The summed E-state index contributed by atoms with van der Waals surface area (Å²) in [5, 5.41) is -0.0260. The molecular formula is C32H36F5N5O2S. The third kappa shape index (κ3) is 5.95. The minimum atomic E-state index is -4.69. The standard InChI is InChI=1S/C32H36F5N5O2S/c1-4-27(43)42-19(2)15-40(16-20(42)3)29-24-13-22(32(35,36)37)14-26-28(24)41(30(44)39-29)17-21(25-7-5-6-12-38-25)18-45(26)23-8-10-31(33,34)11-9-23/h4-7,12-14,19-21,23,45H,1,8-11,15-18H2,2-3H3/t19-,20+,21-/m0/s1. The minimum Gasteiger partial charge on any atom is -0.352 e. The van der Waals surface area contributed by atoms with E-state index in [1.165, 1.54) is 10.6 Å². The number of alkyl halides is 5. The van der Waals surface area contributed by atoms with Gasteiger partial charge in [-0.05, 0) is 68.0 Å². The van der Waals surface area contributed by atoms with Gasteiger partial charge in [0.1, 0.15) is 5.82 Å². The predicted molar refractivity (Wildman–Crippen MR) is 165 cm³/mol. The van der Waals surface area contributed by atoms with Gasteiger partial charge in [0.05, 0.1) is 11.1 Å². The van der Waals surface area contributed by atoms with E-state index >= 15 is 0 Å². The second-order valence-corrected chi connectivity index (χ2v) is 15.0. The zero-order valence-corrected chi connectivity index (χ0v) is 26.0. The largest absolute Gasteiger partial charge is 0.416 e. The molecule has 0 radical (unpaired) electrons. The molecule has 1 amide bonds. The SMILES string of the molecule is C=CC(=O)N1[C@H](C)CN(c2nc(=O)n3c4c(cc(C(F)(F)F)cc24)[SH](C2CCC(F)(F)CC2)C[C@@H](c2ccccn2)C3)C[C@@H]1C. The van der Waals surface area contributed by atoms with E-state index in [9.17, 15) is 31.5 Å². The molecule has 1 unspecified atom stereocenters. The highest BCUT2D eigenvalue weighted by molar-refractivity contribution is 8.17. The molecule has 4 heterocycles. The monoisotopic (exact) mass is 649 g/mol. The van der Waals surface area contributed by atoms with Crippen LogP contribution in [0.1, 0.15) is 56.7 Å². The first-order chi connectivity index (χ1) is 21.3. The zero-order valence-electron chi connectivity index (χ0n) is 25.1. The van der Waals surface area contributed by atoms with Gasteiger partial charge in [0.25, 0.3) is 0 Å². The first kappa shape index (κ1) is 31.5. The molecule has 7 nitrogen and oxygen atoms in total. The van der Waals surface area contributed by atoms with Crippen molar-refractivity contribution in [1.29, 1.82) is 0 Å². The highest BCUT2D eigenvalue weighted by Crippen LogP contribution is 2.56. The molecule has 0 spiro atoms. The molecule has 0 bridgehead atoms. The summed E-state index contributed by atoms with van der Waals surface area (Å²) >= 11 is 0. The maximum atomic E-state index is 14.6. The average molecular weight is 650 g/mol. The topological polar surface area (TPSA) is 71.3 Å². The summed E-state index contributed by atoms with van der Waals surface area (Å²) in [5.74, 6) is -2.80. The Morgan fingerprint density at radius 2 is 1.78 bits per heavy atom. The number of aromatic nitrogens is 3. The Morgan fingerprint density at radius 1 is 1.09 bits per heavy atom. The lowest BCUT2D eigenvalue weighted by atomic mass is 9.96. The molecule has 13 heteroatoms. The van der Waals surface area contributed by atoms with E-state index in [4.69, 9.17) is 0 Å². The van der Waals surface area contributed by atoms with E-state index < -0.39 is 34.2 Å². The molecule has 6 rings (SSSR count). The van der Waals surface area contributed by atoms with Crippen molar-refractivity contribution in [3.8, 4) is 0 Å². The summed E-state index contributed by atoms with van der Waals surface area (Å²) in [6, 6.07) is 6.99. The highest BCUT2D eigenvalue weighted by Gasteiger charge is 2.42. The lowest BCUT2D eigenvalue weighted by Crippen LogP contribution is -2.58. The van der Waals surface area contributed by atoms with Crippen LogP contribution in [0.4, 0.5) is 27.8 Å². The van der Waals surface area contributed by atoms with Gasteiger partial charge >= 0.3 is 11.9 Å². The third-order valence-electron chi connectivity index (χ3n) is 9.37. The van der Waals surface area contributed by atoms with Crippen molar-refractivity contribution >= 4 is 33.5 Å². The summed E-state index contributed by atoms with van der Waals surface area (Å²) in [7, 11) is -1.41. The van der Waals surface area contributed by atoms with Crippen LogP contribution in [0.15, 0.2) is 58.9 Å². The molecule has 0 N–H and O–H groups in total. The van der Waals surface area contributed by atoms with Crippen LogP contribution in [0.25, 0.3) is 10.9 Å². The maximum Gasteiger partial charge on any atom is 0.416 e. The molecule has 1 saturated heterocycles. The number of thiol groups is 1. The first-order valence-electron chi connectivity index (χ1n) is 15.2. The van der Waals surface area contributed by atoms with Crippen LogP contribution in [-0.2, 0) is 17.5 Å². The second kappa shape index (κ2) is 11.7. The van der Waals surface area contributed by atoms with Crippen LogP contribution >= 0.6 is 10.9 Å². The molecular weight excluding hydrogens is 613 g/mol. The number of rotatable bonds is 4. The van der Waals surface area contributed by atoms with Crippen LogP contribution in [0.2, 0.25) is 0 Å². The van der Waals surface area contributed by atoms with Gasteiger partial charge in [0.15, 0.2) is 0 Å². The zero-order chi connectivity index (χ0) is 32.3. The lowest BCUT2D eigenvalue weighted by Gasteiger charge is -2.44. The molecule has 1 aliphatic carbocycles. The van der Waals surface area contributed by atoms with Crippen LogP contribution < -0.4 is 10.6 Å². The molecule has 2 aromatic heterocycles. The fourth-order valence-corrected chi connectivity index (χ4v) is 10.7. The fourth-order valence-electron chi connectivity index (χ4n) is 7.31. The van der Waals surface area contributed by atoms with Crippen molar-refractivity contribution < 1.29 is 26.7 Å². The Bertz CT molecular complexity index is 1660. The third-order valence-corrected chi connectivity index (χ3v) is 12.6. The summed E-state index contributed by atoms with van der Waals surface area (Å²) in [6.45, 7) is 7.92. The Hall–Kier alpha value is -3.48. The average Bonchev–Trinajstić information content (AvgIpc) is 3.16. The Morgan fingerprint density at radius 3 is 2.38 bits per heavy atom. The van der Waals surface area contributed by atoms with E-state index in [1.807, 2.05) is 26.0 Å². The molecule has 45 heavy (non-hydrogen) atoms. The van der Waals surface area contributed by atoms with Crippen molar-refractivity contribution in [2.45, 2.75) is 86.3 Å². The number of amides is 1. The minimum absolute atomic E-state index is 0.143. The van der Waals surface area contributed by atoms with Crippen molar-refractivity contribution in [3.63, 3.8) is 0 Å². The molecule has 3 aromatic rings. The maximum absolute atomic E-state index is 14.6. The molecule has 4 atom stereocenters.